The van der Waals surface area contributed by atoms with Crippen molar-refractivity contribution in [1.29, 1.82) is 0 Å². The van der Waals surface area contributed by atoms with Crippen LogP contribution < -0.4 is 5.32 Å². The third kappa shape index (κ3) is 3.58. The minimum Gasteiger partial charge on any atom is -0.295 e. The summed E-state index contributed by atoms with van der Waals surface area (Å²) in [7, 11) is 0. The number of hydrogen-bond acceptors (Lipinski definition) is 3. The van der Waals surface area contributed by atoms with Crippen molar-refractivity contribution < 1.29 is 4.92 Å². The van der Waals surface area contributed by atoms with Crippen LogP contribution in [0.5, 0.6) is 0 Å². The lowest BCUT2D eigenvalue weighted by atomic mass is 10.0. The van der Waals surface area contributed by atoms with Crippen molar-refractivity contribution in [3.8, 4) is 12.3 Å². The fourth-order valence-corrected chi connectivity index (χ4v) is 1.55. The van der Waals surface area contributed by atoms with Crippen LogP contribution in [-0.4, -0.2) is 10.5 Å². The summed E-state index contributed by atoms with van der Waals surface area (Å²) in [6.45, 7) is 5.80. The average molecular weight is 232 g/mol. The standard InChI is InChI=1S/C13H16N2O2/c1-5-13(3,4)14-10(2)11-6-8-12(9-7-11)15(16)17/h1,6-10,14H,2-4H3. The molecular formula is C13H16N2O2. The highest BCUT2D eigenvalue weighted by molar-refractivity contribution is 5.34. The largest absolute Gasteiger partial charge is 0.295 e. The van der Waals surface area contributed by atoms with E-state index in [0.717, 1.165) is 5.56 Å². The number of nitro groups is 1. The molecular weight excluding hydrogens is 216 g/mol. The van der Waals surface area contributed by atoms with E-state index < -0.39 is 10.5 Å². The zero-order valence-corrected chi connectivity index (χ0v) is 10.2. The molecule has 0 aliphatic heterocycles. The zero-order valence-electron chi connectivity index (χ0n) is 10.2. The maximum atomic E-state index is 10.5. The van der Waals surface area contributed by atoms with Gasteiger partial charge in [0.25, 0.3) is 5.69 Å². The highest BCUT2D eigenvalue weighted by Crippen LogP contribution is 2.19. The van der Waals surface area contributed by atoms with Gasteiger partial charge < -0.3 is 0 Å². The maximum Gasteiger partial charge on any atom is 0.269 e. The topological polar surface area (TPSA) is 55.2 Å². The molecule has 1 aromatic rings. The molecule has 0 heterocycles. The average Bonchev–Trinajstić information content (AvgIpc) is 2.28. The number of terminal acetylenes is 1. The minimum absolute atomic E-state index is 0.0434. The molecule has 17 heavy (non-hydrogen) atoms. The highest BCUT2D eigenvalue weighted by atomic mass is 16.6. The molecule has 4 heteroatoms. The SMILES string of the molecule is C#CC(C)(C)NC(C)c1ccc([N+](=O)[O-])cc1. The first kappa shape index (κ1) is 13.2. The molecule has 0 fully saturated rings. The van der Waals surface area contributed by atoms with E-state index in [1.54, 1.807) is 12.1 Å². The van der Waals surface area contributed by atoms with Crippen LogP contribution in [0.1, 0.15) is 32.4 Å². The van der Waals surface area contributed by atoms with Crippen LogP contribution in [0, 0.1) is 22.5 Å². The minimum atomic E-state index is -0.409. The van der Waals surface area contributed by atoms with E-state index in [1.807, 2.05) is 20.8 Å². The summed E-state index contributed by atoms with van der Waals surface area (Å²) in [5.41, 5.74) is 0.664. The highest BCUT2D eigenvalue weighted by Gasteiger charge is 2.18. The van der Waals surface area contributed by atoms with Gasteiger partial charge in [0.05, 0.1) is 10.5 Å². The lowest BCUT2D eigenvalue weighted by Gasteiger charge is -2.25. The van der Waals surface area contributed by atoms with Gasteiger partial charge in [0.2, 0.25) is 0 Å². The molecule has 1 atom stereocenters. The number of rotatable bonds is 4. The summed E-state index contributed by atoms with van der Waals surface area (Å²) in [4.78, 5) is 10.1. The number of non-ortho nitro benzene ring substituents is 1. The van der Waals surface area contributed by atoms with Gasteiger partial charge in [-0.3, -0.25) is 15.4 Å². The van der Waals surface area contributed by atoms with Gasteiger partial charge in [-0.05, 0) is 26.3 Å². The Morgan fingerprint density at radius 2 is 1.94 bits per heavy atom. The molecule has 1 N–H and O–H groups in total. The maximum absolute atomic E-state index is 10.5. The predicted molar refractivity (Wildman–Crippen MR) is 67.6 cm³/mol. The van der Waals surface area contributed by atoms with Crippen LogP contribution >= 0.6 is 0 Å². The van der Waals surface area contributed by atoms with Crippen molar-refractivity contribution in [1.82, 2.24) is 5.32 Å². The van der Waals surface area contributed by atoms with Gasteiger partial charge in [-0.1, -0.05) is 18.1 Å². The zero-order chi connectivity index (χ0) is 13.1. The van der Waals surface area contributed by atoms with Gasteiger partial charge in [0.1, 0.15) is 0 Å². The Labute approximate surface area is 101 Å². The van der Waals surface area contributed by atoms with Crippen molar-refractivity contribution in [2.45, 2.75) is 32.4 Å². The Balaban J connectivity index is 2.81. The Morgan fingerprint density at radius 3 is 2.35 bits per heavy atom. The quantitative estimate of drug-likeness (QED) is 0.493. The number of hydrogen-bond donors (Lipinski definition) is 1. The van der Waals surface area contributed by atoms with Gasteiger partial charge in [-0.25, -0.2) is 0 Å². The number of benzene rings is 1. The van der Waals surface area contributed by atoms with Crippen molar-refractivity contribution in [2.24, 2.45) is 0 Å². The van der Waals surface area contributed by atoms with Gasteiger partial charge in [0.15, 0.2) is 0 Å². The van der Waals surface area contributed by atoms with E-state index in [0.29, 0.717) is 0 Å². The Bertz CT molecular complexity index is 443. The molecule has 4 nitrogen and oxygen atoms in total. The summed E-state index contributed by atoms with van der Waals surface area (Å²) in [6, 6.07) is 6.51. The fourth-order valence-electron chi connectivity index (χ4n) is 1.55. The molecule has 0 spiro atoms. The van der Waals surface area contributed by atoms with E-state index in [9.17, 15) is 10.1 Å². The number of nitro benzene ring substituents is 1. The van der Waals surface area contributed by atoms with Crippen LogP contribution in [0.2, 0.25) is 0 Å². The first-order chi connectivity index (χ1) is 7.85. The lowest BCUT2D eigenvalue weighted by molar-refractivity contribution is -0.384. The van der Waals surface area contributed by atoms with Crippen LogP contribution in [0.4, 0.5) is 5.69 Å². The van der Waals surface area contributed by atoms with Crippen molar-refractivity contribution in [2.75, 3.05) is 0 Å². The third-order valence-corrected chi connectivity index (χ3v) is 2.54. The molecule has 1 aromatic carbocycles. The number of nitrogens with one attached hydrogen (secondary N) is 1. The summed E-state index contributed by atoms with van der Waals surface area (Å²) in [5, 5.41) is 13.8. The molecule has 1 rings (SSSR count). The van der Waals surface area contributed by atoms with E-state index in [1.165, 1.54) is 12.1 Å². The molecule has 90 valence electrons. The first-order valence-corrected chi connectivity index (χ1v) is 5.35. The second-order valence-electron chi connectivity index (χ2n) is 4.48. The Morgan fingerprint density at radius 1 is 1.41 bits per heavy atom. The molecule has 0 saturated heterocycles. The molecule has 0 amide bonds. The Hall–Kier alpha value is -1.86. The Kier molecular flexibility index (Phi) is 3.87. The van der Waals surface area contributed by atoms with Gasteiger partial charge in [0, 0.05) is 18.2 Å². The molecule has 0 saturated carbocycles. The van der Waals surface area contributed by atoms with Crippen LogP contribution in [0.25, 0.3) is 0 Å². The first-order valence-electron chi connectivity index (χ1n) is 5.35. The van der Waals surface area contributed by atoms with Crippen LogP contribution in [0.3, 0.4) is 0 Å². The molecule has 0 aliphatic carbocycles. The van der Waals surface area contributed by atoms with Gasteiger partial charge >= 0.3 is 0 Å². The number of nitrogens with zero attached hydrogens (tertiary/aromatic N) is 1. The van der Waals surface area contributed by atoms with Crippen molar-refractivity contribution in [3.05, 3.63) is 39.9 Å². The lowest BCUT2D eigenvalue weighted by Crippen LogP contribution is -2.39. The normalized spacial score (nSPS) is 12.8. The summed E-state index contributed by atoms with van der Waals surface area (Å²) >= 11 is 0. The molecule has 0 aromatic heterocycles. The van der Waals surface area contributed by atoms with Crippen LogP contribution in [0.15, 0.2) is 24.3 Å². The van der Waals surface area contributed by atoms with Crippen molar-refractivity contribution >= 4 is 5.69 Å². The molecule has 1 unspecified atom stereocenters. The summed E-state index contributed by atoms with van der Waals surface area (Å²) in [6.07, 6.45) is 5.39. The summed E-state index contributed by atoms with van der Waals surface area (Å²) in [5.74, 6) is 2.65. The van der Waals surface area contributed by atoms with Gasteiger partial charge in [-0.2, -0.15) is 0 Å². The fraction of sp³-hybridized carbons (Fsp3) is 0.385. The predicted octanol–water partition coefficient (Wildman–Crippen LogP) is 2.66. The third-order valence-electron chi connectivity index (χ3n) is 2.54. The van der Waals surface area contributed by atoms with E-state index >= 15 is 0 Å². The van der Waals surface area contributed by atoms with Gasteiger partial charge in [-0.15, -0.1) is 6.42 Å². The molecule has 0 bridgehead atoms. The van der Waals surface area contributed by atoms with E-state index in [4.69, 9.17) is 6.42 Å². The van der Waals surface area contributed by atoms with Crippen molar-refractivity contribution in [3.63, 3.8) is 0 Å². The van der Waals surface area contributed by atoms with E-state index in [2.05, 4.69) is 11.2 Å². The molecule has 0 radical (unpaired) electrons. The summed E-state index contributed by atoms with van der Waals surface area (Å²) < 4.78 is 0. The second kappa shape index (κ2) is 4.98. The monoisotopic (exact) mass is 232 g/mol. The molecule has 0 aliphatic rings. The second-order valence-corrected chi connectivity index (χ2v) is 4.48. The van der Waals surface area contributed by atoms with Crippen LogP contribution in [-0.2, 0) is 0 Å². The smallest absolute Gasteiger partial charge is 0.269 e. The van der Waals surface area contributed by atoms with E-state index in [-0.39, 0.29) is 11.7 Å².